The highest BCUT2D eigenvalue weighted by Gasteiger charge is 2.18. The molecule has 0 spiro atoms. The minimum atomic E-state index is -3.57. The molecule has 27 heavy (non-hydrogen) atoms. The van der Waals surface area contributed by atoms with Crippen LogP contribution in [-0.4, -0.2) is 39.7 Å². The van der Waals surface area contributed by atoms with E-state index in [1.165, 1.54) is 39.7 Å². The van der Waals surface area contributed by atoms with E-state index in [1.54, 1.807) is 18.2 Å². The highest BCUT2D eigenvalue weighted by Crippen LogP contribution is 2.42. The highest BCUT2D eigenvalue weighted by atomic mass is 35.5. The third-order valence-electron chi connectivity index (χ3n) is 3.89. The van der Waals surface area contributed by atoms with Crippen LogP contribution < -0.4 is 19.5 Å². The molecule has 0 bridgehead atoms. The van der Waals surface area contributed by atoms with Gasteiger partial charge in [-0.1, -0.05) is 17.7 Å². The minimum absolute atomic E-state index is 0.124. The maximum absolute atomic E-state index is 12.0. The van der Waals surface area contributed by atoms with Crippen LogP contribution in [0.25, 0.3) is 10.9 Å². The zero-order chi connectivity index (χ0) is 19.6. The predicted molar refractivity (Wildman–Crippen MR) is 104 cm³/mol. The van der Waals surface area contributed by atoms with Crippen LogP contribution in [-0.2, 0) is 10.0 Å². The molecule has 8 nitrogen and oxygen atoms in total. The largest absolute Gasteiger partial charge is 0.493 e. The summed E-state index contributed by atoms with van der Waals surface area (Å²) in [7, 11) is 0.778. The number of methoxy groups -OCH3 is 2. The second-order valence-corrected chi connectivity index (χ2v) is 7.67. The third-order valence-corrected chi connectivity index (χ3v) is 5.66. The fraction of sp³-hybridized carbons (Fsp3) is 0.176. The lowest BCUT2D eigenvalue weighted by atomic mass is 10.2. The van der Waals surface area contributed by atoms with Crippen molar-refractivity contribution in [1.29, 1.82) is 0 Å². The zero-order valence-corrected chi connectivity index (χ0v) is 16.4. The van der Waals surface area contributed by atoms with Crippen molar-refractivity contribution in [2.45, 2.75) is 4.90 Å². The van der Waals surface area contributed by atoms with Crippen LogP contribution in [0.5, 0.6) is 11.5 Å². The van der Waals surface area contributed by atoms with Crippen LogP contribution in [0.4, 0.5) is 11.5 Å². The van der Waals surface area contributed by atoms with Crippen molar-refractivity contribution in [2.75, 3.05) is 26.6 Å². The Balaban J connectivity index is 2.12. The molecule has 0 radical (unpaired) electrons. The molecule has 0 aliphatic carbocycles. The zero-order valence-electron chi connectivity index (χ0n) is 14.8. The minimum Gasteiger partial charge on any atom is -0.493 e. The van der Waals surface area contributed by atoms with Crippen LogP contribution in [0.15, 0.2) is 41.6 Å². The first-order chi connectivity index (χ1) is 12.9. The molecular weight excluding hydrogens is 392 g/mol. The number of fused-ring (bicyclic) bond motifs is 1. The van der Waals surface area contributed by atoms with Crippen LogP contribution in [0.3, 0.4) is 0 Å². The van der Waals surface area contributed by atoms with Crippen molar-refractivity contribution >= 4 is 44.0 Å². The van der Waals surface area contributed by atoms with Gasteiger partial charge in [-0.05, 0) is 25.2 Å². The van der Waals surface area contributed by atoms with E-state index in [1.807, 2.05) is 0 Å². The lowest BCUT2D eigenvalue weighted by Crippen LogP contribution is -2.18. The summed E-state index contributed by atoms with van der Waals surface area (Å²) in [5.41, 5.74) is 1.08. The van der Waals surface area contributed by atoms with Gasteiger partial charge in [0, 0.05) is 11.8 Å². The number of ether oxygens (including phenoxy) is 2. The van der Waals surface area contributed by atoms with Crippen LogP contribution in [0.2, 0.25) is 5.02 Å². The molecule has 0 saturated carbocycles. The number of anilines is 2. The summed E-state index contributed by atoms with van der Waals surface area (Å²) in [5.74, 6) is 1.21. The predicted octanol–water partition coefficient (Wildman–Crippen LogP) is 2.95. The first-order valence-corrected chi connectivity index (χ1v) is 9.63. The van der Waals surface area contributed by atoms with E-state index in [9.17, 15) is 8.42 Å². The van der Waals surface area contributed by atoms with Gasteiger partial charge in [0.05, 0.1) is 35.0 Å². The quantitative estimate of drug-likeness (QED) is 0.646. The number of hydrogen-bond acceptors (Lipinski definition) is 7. The van der Waals surface area contributed by atoms with Crippen LogP contribution in [0, 0.1) is 0 Å². The standard InChI is InChI=1S/C17H17ClN4O4S/c1-19-27(23,24)11-6-4-5-10(7-11)22-17-14-12(20-9-21-17)8-13(25-2)16(26-3)15(14)18/h4-9,19H,1-3H3,(H,20,21,22). The highest BCUT2D eigenvalue weighted by molar-refractivity contribution is 7.89. The average Bonchev–Trinajstić information content (AvgIpc) is 2.68. The van der Waals surface area contributed by atoms with Crippen LogP contribution >= 0.6 is 11.6 Å². The molecule has 0 saturated heterocycles. The Kier molecular flexibility index (Phi) is 5.36. The van der Waals surface area contributed by atoms with Gasteiger partial charge in [-0.3, -0.25) is 0 Å². The SMILES string of the molecule is CNS(=O)(=O)c1cccc(Nc2ncnc3cc(OC)c(OC)c(Cl)c23)c1. The number of benzene rings is 2. The Morgan fingerprint density at radius 2 is 1.89 bits per heavy atom. The third kappa shape index (κ3) is 3.61. The Labute approximate surface area is 161 Å². The fourth-order valence-corrected chi connectivity index (χ4v) is 3.70. The van der Waals surface area contributed by atoms with E-state index >= 15 is 0 Å². The maximum atomic E-state index is 12.0. The molecule has 0 aliphatic rings. The molecule has 3 rings (SSSR count). The lowest BCUT2D eigenvalue weighted by Gasteiger charge is -2.14. The van der Waals surface area contributed by atoms with Crippen molar-refractivity contribution < 1.29 is 17.9 Å². The lowest BCUT2D eigenvalue weighted by molar-refractivity contribution is 0.356. The second kappa shape index (κ2) is 7.55. The van der Waals surface area contributed by atoms with E-state index in [4.69, 9.17) is 21.1 Å². The molecule has 1 heterocycles. The Morgan fingerprint density at radius 1 is 1.11 bits per heavy atom. The number of nitrogens with zero attached hydrogens (tertiary/aromatic N) is 2. The van der Waals surface area contributed by atoms with Crippen molar-refractivity contribution in [3.8, 4) is 11.5 Å². The Hall–Kier alpha value is -2.62. The summed E-state index contributed by atoms with van der Waals surface area (Å²) in [4.78, 5) is 8.58. The van der Waals surface area contributed by atoms with Gasteiger partial charge in [-0.25, -0.2) is 23.1 Å². The second-order valence-electron chi connectivity index (χ2n) is 5.40. The maximum Gasteiger partial charge on any atom is 0.240 e. The number of aromatic nitrogens is 2. The summed E-state index contributed by atoms with van der Waals surface area (Å²) in [6.45, 7) is 0. The van der Waals surface area contributed by atoms with E-state index in [-0.39, 0.29) is 9.92 Å². The first kappa shape index (κ1) is 19.2. The molecule has 2 N–H and O–H groups in total. The van der Waals surface area contributed by atoms with Crippen LogP contribution in [0.1, 0.15) is 0 Å². The molecule has 0 fully saturated rings. The van der Waals surface area contributed by atoms with Gasteiger partial charge >= 0.3 is 0 Å². The van der Waals surface area contributed by atoms with Crippen molar-refractivity contribution in [1.82, 2.24) is 14.7 Å². The molecule has 142 valence electrons. The molecule has 0 amide bonds. The number of hydrogen-bond donors (Lipinski definition) is 2. The van der Waals surface area contributed by atoms with Gasteiger partial charge in [-0.2, -0.15) is 0 Å². The summed E-state index contributed by atoms with van der Waals surface area (Å²) in [5, 5.41) is 3.90. The van der Waals surface area contributed by atoms with Gasteiger partial charge in [0.15, 0.2) is 11.5 Å². The van der Waals surface area contributed by atoms with E-state index in [2.05, 4.69) is 20.0 Å². The number of nitrogens with one attached hydrogen (secondary N) is 2. The van der Waals surface area contributed by atoms with Gasteiger partial charge in [0.1, 0.15) is 12.1 Å². The van der Waals surface area contributed by atoms with Gasteiger partial charge in [0.2, 0.25) is 10.0 Å². The Bertz CT molecular complexity index is 1110. The summed E-state index contributed by atoms with van der Waals surface area (Å²) < 4.78 is 36.9. The van der Waals surface area contributed by atoms with Crippen molar-refractivity contribution in [2.24, 2.45) is 0 Å². The first-order valence-electron chi connectivity index (χ1n) is 7.77. The Morgan fingerprint density at radius 3 is 2.56 bits per heavy atom. The molecular formula is C17H17ClN4O4S. The average molecular weight is 409 g/mol. The monoisotopic (exact) mass is 408 g/mol. The number of rotatable bonds is 6. The van der Waals surface area contributed by atoms with E-state index in [0.29, 0.717) is 33.9 Å². The van der Waals surface area contributed by atoms with Gasteiger partial charge < -0.3 is 14.8 Å². The van der Waals surface area contributed by atoms with E-state index < -0.39 is 10.0 Å². The fourth-order valence-electron chi connectivity index (χ4n) is 2.57. The molecule has 0 atom stereocenters. The number of sulfonamides is 1. The number of halogens is 1. The van der Waals surface area contributed by atoms with Gasteiger partial charge in [-0.15, -0.1) is 0 Å². The van der Waals surface area contributed by atoms with Crippen molar-refractivity contribution in [3.05, 3.63) is 41.7 Å². The van der Waals surface area contributed by atoms with E-state index in [0.717, 1.165) is 0 Å². The normalized spacial score (nSPS) is 11.4. The van der Waals surface area contributed by atoms with Crippen molar-refractivity contribution in [3.63, 3.8) is 0 Å². The summed E-state index contributed by atoms with van der Waals surface area (Å²) >= 11 is 6.49. The summed E-state index contributed by atoms with van der Waals surface area (Å²) in [6, 6.07) is 8.03. The van der Waals surface area contributed by atoms with Gasteiger partial charge in [0.25, 0.3) is 0 Å². The molecule has 1 aromatic heterocycles. The molecule has 0 aliphatic heterocycles. The molecule has 3 aromatic rings. The smallest absolute Gasteiger partial charge is 0.240 e. The summed E-state index contributed by atoms with van der Waals surface area (Å²) in [6.07, 6.45) is 1.38. The topological polar surface area (TPSA) is 102 Å². The molecule has 2 aromatic carbocycles. The molecule has 0 unspecified atom stereocenters. The molecule has 10 heteroatoms.